The van der Waals surface area contributed by atoms with Gasteiger partial charge in [0.15, 0.2) is 0 Å². The predicted molar refractivity (Wildman–Crippen MR) is 110 cm³/mol. The number of esters is 1. The monoisotopic (exact) mass is 466 g/mol. The Labute approximate surface area is 176 Å². The van der Waals surface area contributed by atoms with E-state index >= 15 is 0 Å². The van der Waals surface area contributed by atoms with Gasteiger partial charge in [0.1, 0.15) is 16.0 Å². The number of aryl methyl sites for hydroxylation is 1. The van der Waals surface area contributed by atoms with Gasteiger partial charge in [0.2, 0.25) is 0 Å². The lowest BCUT2D eigenvalue weighted by Crippen LogP contribution is -2.11. The van der Waals surface area contributed by atoms with Crippen molar-refractivity contribution in [2.75, 3.05) is 6.61 Å². The van der Waals surface area contributed by atoms with Crippen LogP contribution in [-0.2, 0) is 9.53 Å². The summed E-state index contributed by atoms with van der Waals surface area (Å²) in [6, 6.07) is 11.8. The highest BCUT2D eigenvalue weighted by Gasteiger charge is 2.52. The Hall–Kier alpha value is -1.74. The van der Waals surface area contributed by atoms with E-state index < -0.39 is 10.3 Å². The molecule has 0 radical (unpaired) electrons. The number of benzene rings is 1. The van der Waals surface area contributed by atoms with E-state index in [0.29, 0.717) is 6.42 Å². The molecule has 1 aliphatic carbocycles. The van der Waals surface area contributed by atoms with E-state index in [1.54, 1.807) is 6.08 Å². The number of ether oxygens (including phenoxy) is 1. The van der Waals surface area contributed by atoms with Crippen molar-refractivity contribution in [1.29, 1.82) is 5.26 Å². The number of aromatic nitrogens is 1. The van der Waals surface area contributed by atoms with Crippen molar-refractivity contribution in [1.82, 2.24) is 4.57 Å². The predicted octanol–water partition coefficient (Wildman–Crippen LogP) is 5.50. The molecule has 1 aromatic carbocycles. The van der Waals surface area contributed by atoms with Crippen LogP contribution >= 0.6 is 39.1 Å². The van der Waals surface area contributed by atoms with E-state index in [2.05, 4.69) is 20.5 Å². The summed E-state index contributed by atoms with van der Waals surface area (Å²) >= 11 is 15.3. The van der Waals surface area contributed by atoms with Crippen molar-refractivity contribution >= 4 is 51.2 Å². The highest BCUT2D eigenvalue weighted by molar-refractivity contribution is 9.10. The molecule has 1 aromatic heterocycles. The Morgan fingerprint density at radius 1 is 1.41 bits per heavy atom. The van der Waals surface area contributed by atoms with Crippen LogP contribution in [0.3, 0.4) is 0 Å². The van der Waals surface area contributed by atoms with Gasteiger partial charge >= 0.3 is 5.97 Å². The average molecular weight is 468 g/mol. The van der Waals surface area contributed by atoms with E-state index in [-0.39, 0.29) is 18.1 Å². The van der Waals surface area contributed by atoms with Gasteiger partial charge in [-0.25, -0.2) is 4.79 Å². The topological polar surface area (TPSA) is 55.0 Å². The van der Waals surface area contributed by atoms with Crippen LogP contribution in [0.5, 0.6) is 0 Å². The minimum atomic E-state index is -0.813. The highest BCUT2D eigenvalue weighted by atomic mass is 79.9. The number of rotatable bonds is 5. The minimum absolute atomic E-state index is 0.0542. The van der Waals surface area contributed by atoms with Gasteiger partial charge in [-0.05, 0) is 62.2 Å². The summed E-state index contributed by atoms with van der Waals surface area (Å²) in [4.78, 5) is 12.2. The van der Waals surface area contributed by atoms with Crippen molar-refractivity contribution < 1.29 is 9.53 Å². The zero-order valence-electron chi connectivity index (χ0n) is 14.8. The Bertz CT molecular complexity index is 956. The molecule has 2 aromatic rings. The molecule has 1 unspecified atom stereocenters. The molecule has 0 aliphatic heterocycles. The van der Waals surface area contributed by atoms with Gasteiger partial charge in [-0.1, -0.05) is 15.9 Å². The minimum Gasteiger partial charge on any atom is -0.461 e. The summed E-state index contributed by atoms with van der Waals surface area (Å²) in [6.07, 6.45) is 2.14. The molecule has 1 aliphatic rings. The molecular weight excluding hydrogens is 451 g/mol. The van der Waals surface area contributed by atoms with Crippen LogP contribution in [-0.4, -0.2) is 21.5 Å². The molecule has 1 fully saturated rings. The fourth-order valence-electron chi connectivity index (χ4n) is 2.92. The molecule has 27 heavy (non-hydrogen) atoms. The first-order valence-electron chi connectivity index (χ1n) is 8.34. The number of halogens is 3. The summed E-state index contributed by atoms with van der Waals surface area (Å²) in [5.41, 5.74) is 3.67. The molecular formula is C20H17BrCl2N2O2. The average Bonchev–Trinajstić information content (AvgIpc) is 3.14. The van der Waals surface area contributed by atoms with Crippen LogP contribution in [0.25, 0.3) is 11.8 Å². The first-order valence-corrected chi connectivity index (χ1v) is 9.89. The van der Waals surface area contributed by atoms with E-state index in [9.17, 15) is 10.1 Å². The lowest BCUT2D eigenvalue weighted by Gasteiger charge is -2.09. The number of nitrogens with zero attached hydrogens (tertiary/aromatic N) is 2. The Balaban J connectivity index is 1.82. The quantitative estimate of drug-likeness (QED) is 0.252. The zero-order chi connectivity index (χ0) is 19.8. The molecule has 0 N–H and O–H groups in total. The summed E-state index contributed by atoms with van der Waals surface area (Å²) in [6.45, 7) is 4.04. The maximum absolute atomic E-state index is 12.2. The summed E-state index contributed by atoms with van der Waals surface area (Å²) < 4.78 is 7.44. The van der Waals surface area contributed by atoms with E-state index in [0.717, 1.165) is 27.1 Å². The van der Waals surface area contributed by atoms with Gasteiger partial charge in [0.25, 0.3) is 0 Å². The van der Waals surface area contributed by atoms with E-state index in [1.165, 1.54) is 0 Å². The lowest BCUT2D eigenvalue weighted by atomic mass is 10.1. The molecule has 0 amide bonds. The summed E-state index contributed by atoms with van der Waals surface area (Å²) in [5, 5.41) is 9.37. The third-order valence-electron chi connectivity index (χ3n) is 4.57. The van der Waals surface area contributed by atoms with Gasteiger partial charge in [-0.15, -0.1) is 23.2 Å². The van der Waals surface area contributed by atoms with Crippen LogP contribution in [0.1, 0.15) is 23.4 Å². The Kier molecular flexibility index (Phi) is 5.71. The number of nitriles is 1. The first-order chi connectivity index (χ1) is 12.7. The van der Waals surface area contributed by atoms with Gasteiger partial charge in [-0.3, -0.25) is 0 Å². The highest BCUT2D eigenvalue weighted by Crippen LogP contribution is 2.53. The second-order valence-electron chi connectivity index (χ2n) is 6.57. The molecule has 7 heteroatoms. The molecule has 0 saturated heterocycles. The van der Waals surface area contributed by atoms with Crippen molar-refractivity contribution in [2.24, 2.45) is 5.92 Å². The second kappa shape index (κ2) is 7.71. The number of carbonyl (C=O) groups excluding carboxylic acids is 1. The van der Waals surface area contributed by atoms with Crippen molar-refractivity contribution in [2.45, 2.75) is 24.6 Å². The number of hydrogen-bond donors (Lipinski definition) is 0. The third kappa shape index (κ3) is 4.40. The smallest absolute Gasteiger partial charge is 0.348 e. The fraction of sp³-hybridized carbons (Fsp3) is 0.300. The molecule has 1 heterocycles. The molecule has 1 saturated carbocycles. The largest absolute Gasteiger partial charge is 0.461 e. The van der Waals surface area contributed by atoms with Crippen LogP contribution in [0, 0.1) is 31.1 Å². The van der Waals surface area contributed by atoms with E-state index in [1.807, 2.05) is 50.2 Å². The molecule has 4 nitrogen and oxygen atoms in total. The molecule has 0 spiro atoms. The zero-order valence-corrected chi connectivity index (χ0v) is 17.9. The van der Waals surface area contributed by atoms with Crippen molar-refractivity contribution in [3.8, 4) is 11.8 Å². The number of alkyl halides is 2. The normalized spacial score (nSPS) is 18.1. The van der Waals surface area contributed by atoms with E-state index in [4.69, 9.17) is 27.9 Å². The van der Waals surface area contributed by atoms with Crippen molar-refractivity contribution in [3.63, 3.8) is 0 Å². The van der Waals surface area contributed by atoms with Crippen LogP contribution in [0.4, 0.5) is 0 Å². The van der Waals surface area contributed by atoms with Crippen LogP contribution in [0.15, 0.2) is 40.4 Å². The maximum atomic E-state index is 12.2. The van der Waals surface area contributed by atoms with Gasteiger partial charge in [0.05, 0.1) is 6.61 Å². The van der Waals surface area contributed by atoms with Gasteiger partial charge in [-0.2, -0.15) is 5.26 Å². The van der Waals surface area contributed by atoms with Crippen LogP contribution in [0.2, 0.25) is 0 Å². The third-order valence-corrected chi connectivity index (χ3v) is 6.02. The molecule has 0 bridgehead atoms. The Morgan fingerprint density at radius 2 is 2.04 bits per heavy atom. The van der Waals surface area contributed by atoms with Gasteiger partial charge in [0, 0.05) is 27.5 Å². The first kappa shape index (κ1) is 20.0. The maximum Gasteiger partial charge on any atom is 0.348 e. The summed E-state index contributed by atoms with van der Waals surface area (Å²) in [5.74, 6) is -0.742. The Morgan fingerprint density at radius 3 is 2.59 bits per heavy atom. The standard InChI is InChI=1S/C20H17BrCl2N2O2/c1-12-7-14(13(2)25(12)18-5-3-17(21)4-6-18)8-15(10-24)19(26)27-11-16-9-20(16,22)23/h3-8,16H,9,11H2,1-2H3/b15-8+. The molecule has 140 valence electrons. The molecule has 1 atom stereocenters. The lowest BCUT2D eigenvalue weighted by molar-refractivity contribution is -0.138. The number of carbonyl (C=O) groups is 1. The number of hydrogen-bond acceptors (Lipinski definition) is 3. The van der Waals surface area contributed by atoms with Crippen LogP contribution < -0.4 is 0 Å². The van der Waals surface area contributed by atoms with Crippen molar-refractivity contribution in [3.05, 3.63) is 57.3 Å². The fourth-order valence-corrected chi connectivity index (χ4v) is 3.68. The second-order valence-corrected chi connectivity index (χ2v) is 9.03. The SMILES string of the molecule is Cc1cc(/C=C(\C#N)C(=O)OCC2CC2(Cl)Cl)c(C)n1-c1ccc(Br)cc1. The summed E-state index contributed by atoms with van der Waals surface area (Å²) in [7, 11) is 0. The molecule has 3 rings (SSSR count). The van der Waals surface area contributed by atoms with Gasteiger partial charge < -0.3 is 9.30 Å².